The Hall–Kier alpha value is -2.01. The van der Waals surface area contributed by atoms with Crippen LogP contribution in [0, 0.1) is 0 Å². The van der Waals surface area contributed by atoms with E-state index < -0.39 is 0 Å². The molecule has 0 fully saturated rings. The number of ether oxygens (including phenoxy) is 1. The van der Waals surface area contributed by atoms with Crippen LogP contribution in [0.15, 0.2) is 48.5 Å². The van der Waals surface area contributed by atoms with Gasteiger partial charge in [0.15, 0.2) is 0 Å². The first-order chi connectivity index (χ1) is 13.1. The minimum Gasteiger partial charge on any atom is -0.468 e. The highest BCUT2D eigenvalue weighted by Crippen LogP contribution is 2.26. The van der Waals surface area contributed by atoms with E-state index in [4.69, 9.17) is 27.9 Å². The number of halogens is 2. The summed E-state index contributed by atoms with van der Waals surface area (Å²) >= 11 is 11.2. The number of hydrogen-bond acceptors (Lipinski definition) is 3. The molecule has 6 heteroatoms. The quantitative estimate of drug-likeness (QED) is 0.533. The van der Waals surface area contributed by atoms with Crippen LogP contribution in [0.1, 0.15) is 25.1 Å². The Kier molecular flexibility index (Phi) is 8.17. The lowest BCUT2D eigenvalue weighted by Gasteiger charge is -2.21. The van der Waals surface area contributed by atoms with Crippen LogP contribution < -0.4 is 5.32 Å². The largest absolute Gasteiger partial charge is 0.468 e. The van der Waals surface area contributed by atoms with Gasteiger partial charge in [-0.2, -0.15) is 0 Å². The molecule has 27 heavy (non-hydrogen) atoms. The summed E-state index contributed by atoms with van der Waals surface area (Å²) in [6, 6.07) is 15.1. The highest BCUT2D eigenvalue weighted by atomic mass is 35.5. The molecule has 1 aliphatic heterocycles. The van der Waals surface area contributed by atoms with Crippen LogP contribution in [0.2, 0.25) is 10.0 Å². The van der Waals surface area contributed by atoms with E-state index in [0.29, 0.717) is 23.0 Å². The number of nitrogens with one attached hydrogen (secondary N) is 2. The van der Waals surface area contributed by atoms with Gasteiger partial charge in [0.05, 0.1) is 17.2 Å². The lowest BCUT2D eigenvalue weighted by atomic mass is 9.99. The first-order valence-corrected chi connectivity index (χ1v) is 9.65. The molecule has 2 N–H and O–H groups in total. The predicted molar refractivity (Wildman–Crippen MR) is 112 cm³/mol. The second kappa shape index (κ2) is 10.4. The normalized spacial score (nSPS) is 14.9. The molecule has 4 nitrogen and oxygen atoms in total. The van der Waals surface area contributed by atoms with Crippen LogP contribution in [0.25, 0.3) is 10.9 Å². The molecular formula is C21H24Cl2N2O2. The molecule has 2 aromatic carbocycles. The molecule has 2 heterocycles. The minimum absolute atomic E-state index is 0.194. The first kappa shape index (κ1) is 21.3. The Labute approximate surface area is 169 Å². The molecule has 0 bridgehead atoms. The predicted octanol–water partition coefficient (Wildman–Crippen LogP) is 5.37. The maximum atomic E-state index is 11.5. The molecular weight excluding hydrogens is 383 g/mol. The molecule has 1 aliphatic rings. The average molecular weight is 407 g/mol. The monoisotopic (exact) mass is 406 g/mol. The molecule has 0 saturated heterocycles. The number of carbonyl (C=O) groups excluding carboxylic acids is 1. The van der Waals surface area contributed by atoms with Gasteiger partial charge in [0.25, 0.3) is 0 Å². The van der Waals surface area contributed by atoms with Gasteiger partial charge < -0.3 is 9.72 Å². The molecule has 0 aliphatic carbocycles. The third-order valence-electron chi connectivity index (χ3n) is 4.15. The number of aromatic nitrogens is 1. The number of aromatic amines is 1. The van der Waals surface area contributed by atoms with Crippen LogP contribution in [0.3, 0.4) is 0 Å². The number of para-hydroxylation sites is 1. The smallest absolute Gasteiger partial charge is 0.323 e. The number of esters is 1. The van der Waals surface area contributed by atoms with Crippen LogP contribution in [-0.2, 0) is 22.5 Å². The van der Waals surface area contributed by atoms with Crippen molar-refractivity contribution in [3.63, 3.8) is 0 Å². The Balaban J connectivity index is 0.000000220. The zero-order valence-corrected chi connectivity index (χ0v) is 17.2. The van der Waals surface area contributed by atoms with Gasteiger partial charge in [-0.1, -0.05) is 67.4 Å². The van der Waals surface area contributed by atoms with Gasteiger partial charge in [0, 0.05) is 29.6 Å². The number of H-pyrrole nitrogens is 1. The maximum absolute atomic E-state index is 11.5. The summed E-state index contributed by atoms with van der Waals surface area (Å²) in [6.07, 6.45) is 0.687. The van der Waals surface area contributed by atoms with E-state index in [1.807, 2.05) is 38.1 Å². The number of fused-ring (bicyclic) bond motifs is 3. The summed E-state index contributed by atoms with van der Waals surface area (Å²) in [4.78, 5) is 14.9. The summed E-state index contributed by atoms with van der Waals surface area (Å²) < 4.78 is 4.78. The number of methoxy groups -OCH3 is 1. The van der Waals surface area contributed by atoms with Crippen LogP contribution in [0.5, 0.6) is 0 Å². The van der Waals surface area contributed by atoms with E-state index >= 15 is 0 Å². The molecule has 0 saturated carbocycles. The number of benzene rings is 2. The highest BCUT2D eigenvalue weighted by molar-refractivity contribution is 6.41. The van der Waals surface area contributed by atoms with Crippen molar-refractivity contribution >= 4 is 40.1 Å². The van der Waals surface area contributed by atoms with Gasteiger partial charge in [0.2, 0.25) is 0 Å². The molecule has 0 radical (unpaired) electrons. The third kappa shape index (κ3) is 5.25. The first-order valence-electron chi connectivity index (χ1n) is 8.90. The van der Waals surface area contributed by atoms with E-state index in [2.05, 4.69) is 22.4 Å². The van der Waals surface area contributed by atoms with Crippen molar-refractivity contribution in [1.82, 2.24) is 10.3 Å². The Morgan fingerprint density at radius 2 is 1.63 bits per heavy atom. The van der Waals surface area contributed by atoms with E-state index in [-0.39, 0.29) is 12.0 Å². The lowest BCUT2D eigenvalue weighted by Crippen LogP contribution is -2.42. The van der Waals surface area contributed by atoms with Gasteiger partial charge in [0.1, 0.15) is 6.04 Å². The molecule has 4 rings (SSSR count). The topological polar surface area (TPSA) is 54.1 Å². The second-order valence-electron chi connectivity index (χ2n) is 5.70. The Bertz CT molecular complexity index is 872. The molecule has 0 amide bonds. The van der Waals surface area contributed by atoms with Crippen molar-refractivity contribution in [3.8, 4) is 0 Å². The Morgan fingerprint density at radius 3 is 2.22 bits per heavy atom. The lowest BCUT2D eigenvalue weighted by molar-refractivity contribution is -0.143. The van der Waals surface area contributed by atoms with E-state index in [9.17, 15) is 4.79 Å². The summed E-state index contributed by atoms with van der Waals surface area (Å²) in [5.74, 6) is -0.194. The fourth-order valence-corrected chi connectivity index (χ4v) is 3.16. The zero-order valence-electron chi connectivity index (χ0n) is 15.7. The zero-order chi connectivity index (χ0) is 19.8. The van der Waals surface area contributed by atoms with E-state index in [1.54, 1.807) is 12.1 Å². The van der Waals surface area contributed by atoms with Crippen LogP contribution in [-0.4, -0.2) is 24.1 Å². The van der Waals surface area contributed by atoms with Gasteiger partial charge in [-0.25, -0.2) is 0 Å². The summed E-state index contributed by atoms with van der Waals surface area (Å²) in [6.45, 7) is 4.68. The van der Waals surface area contributed by atoms with Crippen molar-refractivity contribution in [2.75, 3.05) is 7.11 Å². The van der Waals surface area contributed by atoms with Crippen molar-refractivity contribution in [3.05, 3.63) is 69.8 Å². The molecule has 3 aromatic rings. The van der Waals surface area contributed by atoms with E-state index in [1.165, 1.54) is 23.8 Å². The summed E-state index contributed by atoms with van der Waals surface area (Å²) in [5, 5.41) is 5.60. The van der Waals surface area contributed by atoms with Gasteiger partial charge in [-0.15, -0.1) is 0 Å². The van der Waals surface area contributed by atoms with Gasteiger partial charge in [-0.05, 0) is 23.8 Å². The van der Waals surface area contributed by atoms with Crippen LogP contribution in [0.4, 0.5) is 0 Å². The van der Waals surface area contributed by atoms with Crippen LogP contribution >= 0.6 is 23.2 Å². The number of hydrogen-bond donors (Lipinski definition) is 2. The minimum atomic E-state index is -0.230. The maximum Gasteiger partial charge on any atom is 0.323 e. The fraction of sp³-hybridized carbons (Fsp3) is 0.286. The average Bonchev–Trinajstić information content (AvgIpc) is 3.09. The third-order valence-corrected chi connectivity index (χ3v) is 4.90. The van der Waals surface area contributed by atoms with Gasteiger partial charge >= 0.3 is 5.97 Å². The van der Waals surface area contributed by atoms with E-state index in [0.717, 1.165) is 5.52 Å². The number of rotatable bonds is 1. The molecule has 0 spiro atoms. The Morgan fingerprint density at radius 1 is 1.04 bits per heavy atom. The summed E-state index contributed by atoms with van der Waals surface area (Å²) in [7, 11) is 1.43. The molecule has 1 aromatic heterocycles. The van der Waals surface area contributed by atoms with Crippen molar-refractivity contribution < 1.29 is 9.53 Å². The standard InChI is InChI=1S/C13H14N2O2.C6H4Cl2.C2H6/c1-17-13(16)11-6-9-8-4-2-3-5-10(8)15-12(9)7-14-11;7-5-3-1-2-4-6(5)8;1-2/h2-5,11,14-15H,6-7H2,1H3;1-4H;1-2H3. The van der Waals surface area contributed by atoms with Crippen molar-refractivity contribution in [2.24, 2.45) is 0 Å². The molecule has 144 valence electrons. The molecule has 1 unspecified atom stereocenters. The molecule has 1 atom stereocenters. The fourth-order valence-electron chi connectivity index (χ4n) is 2.89. The SMILES string of the molecule is CC.COC(=O)C1Cc2c([nH]c3ccccc23)CN1.Clc1ccccc1Cl. The highest BCUT2D eigenvalue weighted by Gasteiger charge is 2.27. The van der Waals surface area contributed by atoms with Crippen molar-refractivity contribution in [2.45, 2.75) is 32.9 Å². The summed E-state index contributed by atoms with van der Waals surface area (Å²) in [5.41, 5.74) is 3.53. The number of carbonyl (C=O) groups is 1. The second-order valence-corrected chi connectivity index (χ2v) is 6.52. The van der Waals surface area contributed by atoms with Crippen molar-refractivity contribution in [1.29, 1.82) is 0 Å². The van der Waals surface area contributed by atoms with Gasteiger partial charge in [-0.3, -0.25) is 10.1 Å².